The van der Waals surface area contributed by atoms with Gasteiger partial charge >= 0.3 is 11.9 Å². The lowest BCUT2D eigenvalue weighted by Gasteiger charge is -2.41. The minimum atomic E-state index is -4.30. The first kappa shape index (κ1) is 17.5. The van der Waals surface area contributed by atoms with Crippen molar-refractivity contribution < 1.29 is 32.2 Å². The molecule has 0 aromatic rings. The molecule has 0 spiro atoms. The van der Waals surface area contributed by atoms with E-state index in [1.54, 1.807) is 0 Å². The van der Waals surface area contributed by atoms with Gasteiger partial charge in [0.15, 0.2) is 0 Å². The Balaban J connectivity index is 2.07. The van der Waals surface area contributed by atoms with E-state index in [0.717, 1.165) is 23.6 Å². The third-order valence-electron chi connectivity index (χ3n) is 4.37. The van der Waals surface area contributed by atoms with Crippen molar-refractivity contribution in [2.24, 2.45) is 0 Å². The normalized spacial score (nSPS) is 25.0. The van der Waals surface area contributed by atoms with Gasteiger partial charge in [0.1, 0.15) is 5.60 Å². The highest BCUT2D eigenvalue weighted by Gasteiger charge is 2.60. The van der Waals surface area contributed by atoms with Crippen molar-refractivity contribution in [3.63, 3.8) is 0 Å². The highest BCUT2D eigenvalue weighted by atomic mass is 32.2. The van der Waals surface area contributed by atoms with E-state index < -0.39 is 40.5 Å². The van der Waals surface area contributed by atoms with Gasteiger partial charge in [0.2, 0.25) is 0 Å². The first-order valence-corrected chi connectivity index (χ1v) is 8.60. The summed E-state index contributed by atoms with van der Waals surface area (Å²) < 4.78 is 54.3. The van der Waals surface area contributed by atoms with Gasteiger partial charge in [-0.2, -0.15) is 25.8 Å². The Labute approximate surface area is 127 Å². The molecule has 0 bridgehead atoms. The number of alkyl halides is 2. The van der Waals surface area contributed by atoms with Gasteiger partial charge in [-0.15, -0.1) is 0 Å². The van der Waals surface area contributed by atoms with E-state index in [-0.39, 0.29) is 13.1 Å². The van der Waals surface area contributed by atoms with Crippen LogP contribution < -0.4 is 0 Å². The Morgan fingerprint density at radius 2 is 1.45 bits per heavy atom. The maximum absolute atomic E-state index is 13.6. The largest absolute Gasteiger partial charge is 0.477 e. The number of hydrogen-bond acceptors (Lipinski definition) is 4. The summed E-state index contributed by atoms with van der Waals surface area (Å²) in [5.74, 6) is -6.70. The monoisotopic (exact) mass is 342 g/mol. The molecule has 2 N–H and O–H groups in total. The molecule has 10 heteroatoms. The molecule has 2 saturated heterocycles. The Kier molecular flexibility index (Phi) is 4.77. The summed E-state index contributed by atoms with van der Waals surface area (Å²) in [5.41, 5.74) is -2.72. The van der Waals surface area contributed by atoms with Crippen molar-refractivity contribution in [2.45, 2.75) is 43.6 Å². The van der Waals surface area contributed by atoms with E-state index in [9.17, 15) is 27.1 Å². The minimum absolute atomic E-state index is 0.321. The second-order valence-corrected chi connectivity index (χ2v) is 7.71. The van der Waals surface area contributed by atoms with Gasteiger partial charge in [-0.05, 0) is 25.7 Å². The molecule has 0 aromatic carbocycles. The number of halogens is 2. The molecule has 0 radical (unpaired) electrons. The number of carboxylic acids is 1. The van der Waals surface area contributed by atoms with Crippen molar-refractivity contribution in [3.8, 4) is 0 Å². The zero-order chi connectivity index (χ0) is 16.6. The Morgan fingerprint density at radius 3 is 1.91 bits per heavy atom. The Hall–Kier alpha value is -0.840. The summed E-state index contributed by atoms with van der Waals surface area (Å²) in [6, 6.07) is 0. The SMILES string of the molecule is O=C(O)C(F)(F)C1(O)CCN(S(=O)(=O)N2CCCCC2)CC1. The maximum atomic E-state index is 13.6. The molecule has 2 aliphatic rings. The first-order valence-electron chi connectivity index (χ1n) is 7.20. The second-order valence-electron chi connectivity index (χ2n) is 5.78. The van der Waals surface area contributed by atoms with E-state index in [1.807, 2.05) is 0 Å². The molecule has 128 valence electrons. The average molecular weight is 342 g/mol. The fourth-order valence-electron chi connectivity index (χ4n) is 2.86. The summed E-state index contributed by atoms with van der Waals surface area (Å²) in [4.78, 5) is 10.6. The van der Waals surface area contributed by atoms with Crippen LogP contribution in [-0.2, 0) is 15.0 Å². The zero-order valence-corrected chi connectivity index (χ0v) is 12.9. The molecular formula is C12H20F2N2O5S. The summed E-state index contributed by atoms with van der Waals surface area (Å²) in [6.45, 7) is 0.152. The fourth-order valence-corrected chi connectivity index (χ4v) is 4.55. The van der Waals surface area contributed by atoms with E-state index in [1.165, 1.54) is 4.31 Å². The van der Waals surface area contributed by atoms with Crippen LogP contribution in [0.4, 0.5) is 8.78 Å². The number of aliphatic carboxylic acids is 1. The van der Waals surface area contributed by atoms with Gasteiger partial charge < -0.3 is 10.2 Å². The van der Waals surface area contributed by atoms with Crippen LogP contribution in [0.5, 0.6) is 0 Å². The number of carbonyl (C=O) groups is 1. The van der Waals surface area contributed by atoms with Crippen molar-refractivity contribution >= 4 is 16.2 Å². The van der Waals surface area contributed by atoms with Crippen LogP contribution in [0, 0.1) is 0 Å². The highest BCUT2D eigenvalue weighted by Crippen LogP contribution is 2.38. The fraction of sp³-hybridized carbons (Fsp3) is 0.917. The molecule has 0 atom stereocenters. The van der Waals surface area contributed by atoms with Gasteiger partial charge in [-0.3, -0.25) is 0 Å². The Bertz CT molecular complexity index is 526. The van der Waals surface area contributed by atoms with E-state index in [2.05, 4.69) is 0 Å². The standard InChI is InChI=1S/C12H20F2N2O5S/c13-12(14,10(17)18)11(19)4-8-16(9-5-11)22(20,21)15-6-2-1-3-7-15/h19H,1-9H2,(H,17,18). The highest BCUT2D eigenvalue weighted by molar-refractivity contribution is 7.86. The lowest BCUT2D eigenvalue weighted by atomic mass is 9.86. The van der Waals surface area contributed by atoms with Crippen LogP contribution in [0.1, 0.15) is 32.1 Å². The molecule has 2 aliphatic heterocycles. The molecule has 7 nitrogen and oxygen atoms in total. The van der Waals surface area contributed by atoms with E-state index in [0.29, 0.717) is 13.1 Å². The van der Waals surface area contributed by atoms with Crippen LogP contribution in [0.25, 0.3) is 0 Å². The number of carboxylic acid groups (broad SMARTS) is 1. The van der Waals surface area contributed by atoms with Crippen LogP contribution in [0.2, 0.25) is 0 Å². The number of piperidine rings is 2. The van der Waals surface area contributed by atoms with E-state index in [4.69, 9.17) is 5.11 Å². The van der Waals surface area contributed by atoms with Gasteiger partial charge in [-0.1, -0.05) is 6.42 Å². The molecule has 0 amide bonds. The molecular weight excluding hydrogens is 322 g/mol. The predicted molar refractivity (Wildman–Crippen MR) is 72.7 cm³/mol. The van der Waals surface area contributed by atoms with Gasteiger partial charge in [0, 0.05) is 26.2 Å². The molecule has 0 aliphatic carbocycles. The molecule has 2 rings (SSSR count). The zero-order valence-electron chi connectivity index (χ0n) is 12.0. The summed E-state index contributed by atoms with van der Waals surface area (Å²) in [5, 5.41) is 18.4. The van der Waals surface area contributed by atoms with Crippen molar-refractivity contribution in [1.29, 1.82) is 0 Å². The maximum Gasteiger partial charge on any atom is 0.377 e. The van der Waals surface area contributed by atoms with Crippen LogP contribution >= 0.6 is 0 Å². The number of hydrogen-bond donors (Lipinski definition) is 2. The number of rotatable bonds is 4. The molecule has 22 heavy (non-hydrogen) atoms. The van der Waals surface area contributed by atoms with Gasteiger partial charge in [-0.25, -0.2) is 4.79 Å². The summed E-state index contributed by atoms with van der Waals surface area (Å²) in [7, 11) is -3.74. The predicted octanol–water partition coefficient (Wildman–Crippen LogP) is 0.264. The lowest BCUT2D eigenvalue weighted by Crippen LogP contribution is -2.60. The lowest BCUT2D eigenvalue weighted by molar-refractivity contribution is -0.216. The van der Waals surface area contributed by atoms with Crippen molar-refractivity contribution in [2.75, 3.05) is 26.2 Å². The minimum Gasteiger partial charge on any atom is -0.477 e. The Morgan fingerprint density at radius 1 is 1.00 bits per heavy atom. The quantitative estimate of drug-likeness (QED) is 0.764. The summed E-state index contributed by atoms with van der Waals surface area (Å²) in [6.07, 6.45) is 1.25. The second kappa shape index (κ2) is 5.99. The molecule has 0 aromatic heterocycles. The summed E-state index contributed by atoms with van der Waals surface area (Å²) >= 11 is 0. The topological polar surface area (TPSA) is 98.1 Å². The van der Waals surface area contributed by atoms with E-state index >= 15 is 0 Å². The molecule has 0 saturated carbocycles. The smallest absolute Gasteiger partial charge is 0.377 e. The van der Waals surface area contributed by atoms with Crippen molar-refractivity contribution in [3.05, 3.63) is 0 Å². The number of nitrogens with zero attached hydrogens (tertiary/aromatic N) is 2. The van der Waals surface area contributed by atoms with Crippen LogP contribution in [0.15, 0.2) is 0 Å². The van der Waals surface area contributed by atoms with Gasteiger partial charge in [0.05, 0.1) is 0 Å². The third-order valence-corrected chi connectivity index (χ3v) is 6.41. The molecule has 2 heterocycles. The first-order chi connectivity index (χ1) is 10.1. The molecule has 2 fully saturated rings. The number of aliphatic hydroxyl groups is 1. The van der Waals surface area contributed by atoms with Crippen molar-refractivity contribution in [1.82, 2.24) is 8.61 Å². The third kappa shape index (κ3) is 2.97. The van der Waals surface area contributed by atoms with Crippen LogP contribution in [-0.4, -0.2) is 70.9 Å². The van der Waals surface area contributed by atoms with Crippen LogP contribution in [0.3, 0.4) is 0 Å². The average Bonchev–Trinajstić information content (AvgIpc) is 2.48. The van der Waals surface area contributed by atoms with Gasteiger partial charge in [0.25, 0.3) is 10.2 Å². The molecule has 0 unspecified atom stereocenters.